The van der Waals surface area contributed by atoms with E-state index in [1.165, 1.54) is 10.9 Å². The van der Waals surface area contributed by atoms with Crippen LogP contribution in [0.25, 0.3) is 0 Å². The lowest BCUT2D eigenvalue weighted by Gasteiger charge is -2.24. The highest BCUT2D eigenvalue weighted by Crippen LogP contribution is 2.21. The van der Waals surface area contributed by atoms with E-state index in [1.54, 1.807) is 0 Å². The fraction of sp³-hybridized carbons (Fsp3) is 0.667. The van der Waals surface area contributed by atoms with Crippen LogP contribution < -0.4 is 10.9 Å². The maximum atomic E-state index is 12.0. The third-order valence-corrected chi connectivity index (χ3v) is 5.43. The number of hydrogen-bond acceptors (Lipinski definition) is 5. The molecule has 0 unspecified atom stereocenters. The minimum Gasteiger partial charge on any atom is -0.380 e. The number of nitrogens with zero attached hydrogens (tertiary/aromatic N) is 2. The number of sulfone groups is 1. The van der Waals surface area contributed by atoms with E-state index < -0.39 is 9.84 Å². The minimum atomic E-state index is -2.90. The summed E-state index contributed by atoms with van der Waals surface area (Å²) in [5.41, 5.74) is 0.132. The van der Waals surface area contributed by atoms with Gasteiger partial charge in [-0.15, -0.1) is 0 Å². The van der Waals surface area contributed by atoms with Gasteiger partial charge in [-0.1, -0.05) is 11.6 Å². The summed E-state index contributed by atoms with van der Waals surface area (Å²) < 4.78 is 24.1. The van der Waals surface area contributed by atoms with Crippen molar-refractivity contribution in [2.45, 2.75) is 38.8 Å². The number of halogens is 1. The van der Waals surface area contributed by atoms with Crippen LogP contribution in [0.5, 0.6) is 0 Å². The van der Waals surface area contributed by atoms with Crippen molar-refractivity contribution in [2.75, 3.05) is 16.8 Å². The second-order valence-electron chi connectivity index (χ2n) is 5.29. The van der Waals surface area contributed by atoms with Crippen LogP contribution in [0.4, 0.5) is 5.69 Å². The van der Waals surface area contributed by atoms with Gasteiger partial charge >= 0.3 is 0 Å². The van der Waals surface area contributed by atoms with E-state index in [0.717, 1.165) is 0 Å². The van der Waals surface area contributed by atoms with E-state index in [0.29, 0.717) is 18.5 Å². The van der Waals surface area contributed by atoms with Crippen LogP contribution in [-0.4, -0.2) is 35.7 Å². The van der Waals surface area contributed by atoms with E-state index in [2.05, 4.69) is 10.4 Å². The van der Waals surface area contributed by atoms with Gasteiger partial charge in [-0.05, 0) is 26.7 Å². The third kappa shape index (κ3) is 3.32. The lowest BCUT2D eigenvalue weighted by atomic mass is 10.1. The summed E-state index contributed by atoms with van der Waals surface area (Å²) in [6, 6.07) is -0.0546. The van der Waals surface area contributed by atoms with Crippen molar-refractivity contribution >= 4 is 27.1 Å². The molecule has 0 radical (unpaired) electrons. The van der Waals surface area contributed by atoms with E-state index >= 15 is 0 Å². The Kier molecular flexibility index (Phi) is 4.39. The summed E-state index contributed by atoms with van der Waals surface area (Å²) in [7, 11) is -2.90. The minimum absolute atomic E-state index is 0.00660. The largest absolute Gasteiger partial charge is 0.380 e. The normalized spacial score (nSPS) is 19.2. The molecule has 0 atom stereocenters. The van der Waals surface area contributed by atoms with Crippen molar-refractivity contribution in [2.24, 2.45) is 0 Å². The van der Waals surface area contributed by atoms with Crippen LogP contribution in [0.3, 0.4) is 0 Å². The van der Waals surface area contributed by atoms with Crippen LogP contribution in [0.15, 0.2) is 11.0 Å². The average Bonchev–Trinajstić information content (AvgIpc) is 2.37. The fourth-order valence-electron chi connectivity index (χ4n) is 2.17. The molecule has 1 aromatic heterocycles. The second-order valence-corrected chi connectivity index (χ2v) is 7.97. The van der Waals surface area contributed by atoms with Crippen molar-refractivity contribution < 1.29 is 8.42 Å². The average molecular weight is 320 g/mol. The third-order valence-electron chi connectivity index (χ3n) is 3.35. The van der Waals surface area contributed by atoms with Crippen LogP contribution in [-0.2, 0) is 9.84 Å². The van der Waals surface area contributed by atoms with Crippen LogP contribution in [0.2, 0.25) is 5.02 Å². The summed E-state index contributed by atoms with van der Waals surface area (Å²) in [6.45, 7) is 3.70. The molecule has 2 rings (SSSR count). The van der Waals surface area contributed by atoms with Crippen molar-refractivity contribution in [1.29, 1.82) is 0 Å². The molecule has 0 aromatic carbocycles. The van der Waals surface area contributed by atoms with Gasteiger partial charge in [-0.3, -0.25) is 4.79 Å². The van der Waals surface area contributed by atoms with Gasteiger partial charge in [0.05, 0.1) is 29.4 Å². The first kappa shape index (κ1) is 15.3. The quantitative estimate of drug-likeness (QED) is 0.912. The van der Waals surface area contributed by atoms with Gasteiger partial charge in [-0.2, -0.15) is 5.10 Å². The van der Waals surface area contributed by atoms with Gasteiger partial charge in [0, 0.05) is 6.04 Å². The summed E-state index contributed by atoms with van der Waals surface area (Å²) >= 11 is 6.06. The van der Waals surface area contributed by atoms with E-state index in [1.807, 2.05) is 13.8 Å². The summed E-state index contributed by atoms with van der Waals surface area (Å²) in [6.07, 6.45) is 2.56. The van der Waals surface area contributed by atoms with Gasteiger partial charge < -0.3 is 5.32 Å². The Hall–Kier alpha value is -1.08. The fourth-order valence-corrected chi connectivity index (χ4v) is 3.85. The molecule has 1 aromatic rings. The molecule has 0 saturated carbocycles. The summed E-state index contributed by atoms with van der Waals surface area (Å²) in [5.74, 6) is 0.331. The molecule has 1 aliphatic rings. The predicted molar refractivity (Wildman–Crippen MR) is 79.2 cm³/mol. The van der Waals surface area contributed by atoms with E-state index in [9.17, 15) is 13.2 Å². The predicted octanol–water partition coefficient (Wildman–Crippen LogP) is 1.47. The highest BCUT2D eigenvalue weighted by Gasteiger charge is 2.24. The van der Waals surface area contributed by atoms with Gasteiger partial charge in [0.1, 0.15) is 14.9 Å². The zero-order valence-electron chi connectivity index (χ0n) is 11.5. The second kappa shape index (κ2) is 5.73. The van der Waals surface area contributed by atoms with Gasteiger partial charge in [0.2, 0.25) is 0 Å². The molecule has 0 amide bonds. The van der Waals surface area contributed by atoms with Gasteiger partial charge in [-0.25, -0.2) is 13.1 Å². The molecule has 112 valence electrons. The molecule has 8 heteroatoms. The topological polar surface area (TPSA) is 81.1 Å². The Morgan fingerprint density at radius 2 is 2.00 bits per heavy atom. The lowest BCUT2D eigenvalue weighted by Crippen LogP contribution is -2.33. The number of aromatic nitrogens is 2. The molecule has 1 saturated heterocycles. The number of nitrogens with one attached hydrogen (secondary N) is 1. The maximum Gasteiger partial charge on any atom is 0.287 e. The Morgan fingerprint density at radius 1 is 1.40 bits per heavy atom. The SMILES string of the molecule is CC(C)n1ncc(NC2CCS(=O)(=O)CC2)c(Cl)c1=O. The molecule has 1 N–H and O–H groups in total. The Bertz CT molecular complexity index is 640. The summed E-state index contributed by atoms with van der Waals surface area (Å²) in [5, 5.41) is 7.29. The number of hydrogen-bond donors (Lipinski definition) is 1. The highest BCUT2D eigenvalue weighted by atomic mass is 35.5. The Morgan fingerprint density at radius 3 is 2.55 bits per heavy atom. The highest BCUT2D eigenvalue weighted by molar-refractivity contribution is 7.91. The molecule has 1 fully saturated rings. The van der Waals surface area contributed by atoms with Gasteiger partial charge in [0.15, 0.2) is 0 Å². The maximum absolute atomic E-state index is 12.0. The molecule has 6 nitrogen and oxygen atoms in total. The molecule has 2 heterocycles. The number of rotatable bonds is 3. The molecule has 0 spiro atoms. The zero-order valence-corrected chi connectivity index (χ0v) is 13.0. The van der Waals surface area contributed by atoms with Gasteiger partial charge in [0.25, 0.3) is 5.56 Å². The van der Waals surface area contributed by atoms with E-state index in [4.69, 9.17) is 11.6 Å². The molecule has 0 aliphatic carbocycles. The molecule has 0 bridgehead atoms. The van der Waals surface area contributed by atoms with Crippen molar-refractivity contribution in [1.82, 2.24) is 9.78 Å². The first-order valence-electron chi connectivity index (χ1n) is 6.54. The Balaban J connectivity index is 2.15. The molecular formula is C12H18ClN3O3S. The Labute approximate surface area is 123 Å². The first-order chi connectivity index (χ1) is 9.30. The molecule has 20 heavy (non-hydrogen) atoms. The van der Waals surface area contributed by atoms with Crippen LogP contribution in [0, 0.1) is 0 Å². The smallest absolute Gasteiger partial charge is 0.287 e. The number of anilines is 1. The molecule has 1 aliphatic heterocycles. The van der Waals surface area contributed by atoms with Crippen molar-refractivity contribution in [3.8, 4) is 0 Å². The monoisotopic (exact) mass is 319 g/mol. The summed E-state index contributed by atoms with van der Waals surface area (Å²) in [4.78, 5) is 12.0. The zero-order chi connectivity index (χ0) is 14.9. The first-order valence-corrected chi connectivity index (χ1v) is 8.74. The van der Waals surface area contributed by atoms with Crippen molar-refractivity contribution in [3.05, 3.63) is 21.6 Å². The van der Waals surface area contributed by atoms with Crippen molar-refractivity contribution in [3.63, 3.8) is 0 Å². The van der Waals surface area contributed by atoms with E-state index in [-0.39, 0.29) is 34.2 Å². The standard InChI is InChI=1S/C12H18ClN3O3S/c1-8(2)16-12(17)11(13)10(7-14-16)15-9-3-5-20(18,19)6-4-9/h7-9,15H,3-6H2,1-2H3. The lowest BCUT2D eigenvalue weighted by molar-refractivity contribution is 0.502. The van der Waals surface area contributed by atoms with Crippen LogP contribution in [0.1, 0.15) is 32.7 Å². The molecular weight excluding hydrogens is 302 g/mol. The van der Waals surface area contributed by atoms with Crippen LogP contribution >= 0.6 is 11.6 Å².